The zero-order chi connectivity index (χ0) is 12.3. The van der Waals surface area contributed by atoms with Crippen molar-refractivity contribution in [2.75, 3.05) is 24.3 Å². The van der Waals surface area contributed by atoms with Gasteiger partial charge in [-0.25, -0.2) is 8.42 Å². The molecule has 94 valence electrons. The lowest BCUT2D eigenvalue weighted by atomic mass is 10.0. The standard InChI is InChI=1S/C12H17NO2S2/c1-16-8-7-13-11-6-9-17(14,15)12-5-3-2-4-10(11)12/h2-5,11,13H,6-9H2,1H3. The van der Waals surface area contributed by atoms with Gasteiger partial charge in [-0.2, -0.15) is 11.8 Å². The van der Waals surface area contributed by atoms with Gasteiger partial charge in [0.05, 0.1) is 10.6 Å². The summed E-state index contributed by atoms with van der Waals surface area (Å²) in [7, 11) is -3.05. The molecule has 2 rings (SSSR count). The molecule has 0 amide bonds. The summed E-state index contributed by atoms with van der Waals surface area (Å²) in [6.07, 6.45) is 2.74. The van der Waals surface area contributed by atoms with E-state index in [0.717, 1.165) is 17.9 Å². The Labute approximate surface area is 107 Å². The summed E-state index contributed by atoms with van der Waals surface area (Å²) in [6, 6.07) is 7.52. The number of benzene rings is 1. The zero-order valence-electron chi connectivity index (χ0n) is 9.85. The SMILES string of the molecule is CSCCNC1CCS(=O)(=O)c2ccccc21. The molecule has 0 aliphatic carbocycles. The monoisotopic (exact) mass is 271 g/mol. The molecule has 0 aromatic heterocycles. The minimum Gasteiger partial charge on any atom is -0.309 e. The van der Waals surface area contributed by atoms with Gasteiger partial charge in [-0.3, -0.25) is 0 Å². The summed E-state index contributed by atoms with van der Waals surface area (Å²) in [5.41, 5.74) is 0.930. The summed E-state index contributed by atoms with van der Waals surface area (Å²) in [5.74, 6) is 1.30. The van der Waals surface area contributed by atoms with Crippen LogP contribution < -0.4 is 5.32 Å². The first kappa shape index (κ1) is 12.9. The molecule has 0 spiro atoms. The van der Waals surface area contributed by atoms with Gasteiger partial charge in [0.15, 0.2) is 9.84 Å². The minimum absolute atomic E-state index is 0.182. The fourth-order valence-electron chi connectivity index (χ4n) is 2.14. The predicted octanol–water partition coefficient (Wildman–Crippen LogP) is 1.86. The van der Waals surface area contributed by atoms with Crippen LogP contribution in [-0.2, 0) is 9.84 Å². The van der Waals surface area contributed by atoms with Crippen molar-refractivity contribution in [2.24, 2.45) is 0 Å². The van der Waals surface area contributed by atoms with Gasteiger partial charge in [0.25, 0.3) is 0 Å². The second-order valence-corrected chi connectivity index (χ2v) is 7.21. The van der Waals surface area contributed by atoms with Crippen molar-refractivity contribution in [3.05, 3.63) is 29.8 Å². The normalized spacial score (nSPS) is 22.1. The average molecular weight is 271 g/mol. The number of hydrogen-bond acceptors (Lipinski definition) is 4. The summed E-state index contributed by atoms with van der Waals surface area (Å²) in [5, 5.41) is 3.43. The van der Waals surface area contributed by atoms with Gasteiger partial charge in [0.1, 0.15) is 0 Å². The first-order chi connectivity index (χ1) is 8.15. The maximum atomic E-state index is 11.9. The van der Waals surface area contributed by atoms with Crippen molar-refractivity contribution in [1.82, 2.24) is 5.32 Å². The van der Waals surface area contributed by atoms with Crippen molar-refractivity contribution in [3.63, 3.8) is 0 Å². The zero-order valence-corrected chi connectivity index (χ0v) is 11.5. The molecule has 1 atom stereocenters. The number of hydrogen-bond donors (Lipinski definition) is 1. The van der Waals surface area contributed by atoms with Gasteiger partial charge >= 0.3 is 0 Å². The third-order valence-corrected chi connectivity index (χ3v) is 5.43. The van der Waals surface area contributed by atoms with Gasteiger partial charge in [0, 0.05) is 18.3 Å². The molecule has 1 N–H and O–H groups in total. The van der Waals surface area contributed by atoms with Crippen molar-refractivity contribution >= 4 is 21.6 Å². The first-order valence-corrected chi connectivity index (χ1v) is 8.74. The smallest absolute Gasteiger partial charge is 0.178 e. The van der Waals surface area contributed by atoms with E-state index in [1.54, 1.807) is 23.9 Å². The van der Waals surface area contributed by atoms with Gasteiger partial charge in [0.2, 0.25) is 0 Å². The maximum Gasteiger partial charge on any atom is 0.178 e. The van der Waals surface area contributed by atoms with Gasteiger partial charge in [-0.05, 0) is 24.3 Å². The van der Waals surface area contributed by atoms with Crippen LogP contribution in [0.3, 0.4) is 0 Å². The minimum atomic E-state index is -3.05. The molecule has 1 aromatic rings. The van der Waals surface area contributed by atoms with E-state index in [-0.39, 0.29) is 11.8 Å². The molecule has 3 nitrogen and oxygen atoms in total. The van der Waals surface area contributed by atoms with E-state index in [0.29, 0.717) is 11.3 Å². The Bertz CT molecular complexity index is 485. The van der Waals surface area contributed by atoms with Crippen LogP contribution in [0.25, 0.3) is 0 Å². The lowest BCUT2D eigenvalue weighted by Gasteiger charge is -2.26. The molecule has 1 heterocycles. The third kappa shape index (κ3) is 2.84. The highest BCUT2D eigenvalue weighted by molar-refractivity contribution is 7.98. The Balaban J connectivity index is 2.23. The van der Waals surface area contributed by atoms with E-state index in [9.17, 15) is 8.42 Å². The maximum absolute atomic E-state index is 11.9. The quantitative estimate of drug-likeness (QED) is 0.849. The summed E-state index contributed by atoms with van der Waals surface area (Å²) < 4.78 is 23.8. The van der Waals surface area contributed by atoms with Crippen LogP contribution in [0.4, 0.5) is 0 Å². The average Bonchev–Trinajstić information content (AvgIpc) is 2.33. The molecule has 17 heavy (non-hydrogen) atoms. The Hall–Kier alpha value is -0.520. The van der Waals surface area contributed by atoms with Gasteiger partial charge < -0.3 is 5.32 Å². The molecule has 1 aliphatic heterocycles. The van der Waals surface area contributed by atoms with Crippen LogP contribution in [0.1, 0.15) is 18.0 Å². The molecule has 0 saturated carbocycles. The van der Waals surface area contributed by atoms with Gasteiger partial charge in [-0.15, -0.1) is 0 Å². The first-order valence-electron chi connectivity index (χ1n) is 5.69. The molecular formula is C12H17NO2S2. The molecule has 1 unspecified atom stereocenters. The summed E-state index contributed by atoms with van der Waals surface area (Å²) in [6.45, 7) is 0.917. The molecule has 5 heteroatoms. The molecular weight excluding hydrogens is 254 g/mol. The number of nitrogens with one attached hydrogen (secondary N) is 1. The van der Waals surface area contributed by atoms with Crippen LogP contribution in [0, 0.1) is 0 Å². The summed E-state index contributed by atoms with van der Waals surface area (Å²) in [4.78, 5) is 0.507. The number of thioether (sulfide) groups is 1. The molecule has 0 fully saturated rings. The van der Waals surface area contributed by atoms with Crippen LogP contribution in [0.5, 0.6) is 0 Å². The van der Waals surface area contributed by atoms with E-state index >= 15 is 0 Å². The number of rotatable bonds is 4. The van der Waals surface area contributed by atoms with Crippen molar-refractivity contribution < 1.29 is 8.42 Å². The highest BCUT2D eigenvalue weighted by Gasteiger charge is 2.29. The van der Waals surface area contributed by atoms with E-state index < -0.39 is 9.84 Å². The van der Waals surface area contributed by atoms with Crippen molar-refractivity contribution in [1.29, 1.82) is 0 Å². The fraction of sp³-hybridized carbons (Fsp3) is 0.500. The Morgan fingerprint density at radius 3 is 2.94 bits per heavy atom. The van der Waals surface area contributed by atoms with Gasteiger partial charge in [-0.1, -0.05) is 18.2 Å². The van der Waals surface area contributed by atoms with Crippen LogP contribution in [0.15, 0.2) is 29.2 Å². The Morgan fingerprint density at radius 1 is 1.41 bits per heavy atom. The Kier molecular flexibility index (Phi) is 4.12. The number of sulfone groups is 1. The Morgan fingerprint density at radius 2 is 2.18 bits per heavy atom. The van der Waals surface area contributed by atoms with E-state index in [1.807, 2.05) is 12.1 Å². The largest absolute Gasteiger partial charge is 0.309 e. The highest BCUT2D eigenvalue weighted by atomic mass is 32.2. The predicted molar refractivity (Wildman–Crippen MR) is 72.2 cm³/mol. The lowest BCUT2D eigenvalue weighted by Crippen LogP contribution is -2.31. The van der Waals surface area contributed by atoms with Crippen molar-refractivity contribution in [3.8, 4) is 0 Å². The molecule has 0 bridgehead atoms. The van der Waals surface area contributed by atoms with Crippen LogP contribution >= 0.6 is 11.8 Å². The summed E-state index contributed by atoms with van der Waals surface area (Å²) >= 11 is 1.79. The highest BCUT2D eigenvalue weighted by Crippen LogP contribution is 2.31. The lowest BCUT2D eigenvalue weighted by molar-refractivity contribution is 0.506. The second kappa shape index (κ2) is 5.42. The third-order valence-electron chi connectivity index (χ3n) is 3.00. The van der Waals surface area contributed by atoms with Crippen LogP contribution in [0.2, 0.25) is 0 Å². The van der Waals surface area contributed by atoms with E-state index in [1.165, 1.54) is 0 Å². The number of fused-ring (bicyclic) bond motifs is 1. The molecule has 0 radical (unpaired) electrons. The van der Waals surface area contributed by atoms with Crippen molar-refractivity contribution in [2.45, 2.75) is 17.4 Å². The van der Waals surface area contributed by atoms with Crippen LogP contribution in [-0.4, -0.2) is 32.7 Å². The fourth-order valence-corrected chi connectivity index (χ4v) is 4.08. The molecule has 1 aromatic carbocycles. The second-order valence-electron chi connectivity index (χ2n) is 4.14. The molecule has 0 saturated heterocycles. The van der Waals surface area contributed by atoms with E-state index in [4.69, 9.17) is 0 Å². The topological polar surface area (TPSA) is 46.2 Å². The van der Waals surface area contributed by atoms with E-state index in [2.05, 4.69) is 11.6 Å². The molecule has 1 aliphatic rings.